The number of nitrogens with zero attached hydrogens (tertiary/aromatic N) is 1. The standard InChI is InChI=1S/C20H23ClNO6P/c1-3-27-29(26,28-4-2)20(19(23)15-10-6-5-7-11-15)17(14-22(24)25)16-12-8-9-13-18(16)21/h5-13,17,20H,3-4,14H2,1-2H3/t17-,20+/m0/s1. The number of carbonyl (C=O) groups is 1. The Bertz CT molecular complexity index is 882. The predicted molar refractivity (Wildman–Crippen MR) is 111 cm³/mol. The number of nitro groups is 1. The maximum absolute atomic E-state index is 13.7. The molecule has 0 spiro atoms. The predicted octanol–water partition coefficient (Wildman–Crippen LogP) is 5.22. The fourth-order valence-electron chi connectivity index (χ4n) is 3.18. The SMILES string of the molecule is CCOP(=O)(OCC)[C@@H](C(=O)c1ccccc1)[C@@H](C[N+](=O)[O-])c1ccccc1Cl. The number of hydrogen-bond acceptors (Lipinski definition) is 6. The van der Waals surface area contributed by atoms with Gasteiger partial charge in [-0.1, -0.05) is 60.1 Å². The van der Waals surface area contributed by atoms with Crippen LogP contribution in [0.15, 0.2) is 54.6 Å². The third kappa shape index (κ3) is 5.73. The molecule has 0 heterocycles. The quantitative estimate of drug-likeness (QED) is 0.206. The lowest BCUT2D eigenvalue weighted by molar-refractivity contribution is -0.483. The van der Waals surface area contributed by atoms with E-state index < -0.39 is 36.4 Å². The summed E-state index contributed by atoms with van der Waals surface area (Å²) in [6, 6.07) is 14.7. The monoisotopic (exact) mass is 439 g/mol. The maximum Gasteiger partial charge on any atom is 0.342 e. The topological polar surface area (TPSA) is 95.7 Å². The first-order valence-corrected chi connectivity index (χ1v) is 11.2. The molecule has 9 heteroatoms. The van der Waals surface area contributed by atoms with E-state index >= 15 is 0 Å². The van der Waals surface area contributed by atoms with E-state index in [1.54, 1.807) is 68.4 Å². The van der Waals surface area contributed by atoms with Gasteiger partial charge in [-0.2, -0.15) is 0 Å². The molecule has 2 aromatic rings. The maximum atomic E-state index is 13.7. The zero-order valence-electron chi connectivity index (χ0n) is 16.2. The van der Waals surface area contributed by atoms with E-state index in [4.69, 9.17) is 20.6 Å². The molecule has 0 bridgehead atoms. The van der Waals surface area contributed by atoms with Crippen molar-refractivity contribution in [3.8, 4) is 0 Å². The van der Waals surface area contributed by atoms with Gasteiger partial charge in [0.2, 0.25) is 6.54 Å². The van der Waals surface area contributed by atoms with Crippen molar-refractivity contribution < 1.29 is 23.3 Å². The van der Waals surface area contributed by atoms with Crippen LogP contribution in [-0.2, 0) is 13.6 Å². The Hall–Kier alpha value is -2.05. The van der Waals surface area contributed by atoms with Crippen LogP contribution in [0.1, 0.15) is 35.7 Å². The number of ketones is 1. The molecule has 29 heavy (non-hydrogen) atoms. The van der Waals surface area contributed by atoms with Gasteiger partial charge in [0.1, 0.15) is 5.66 Å². The fraction of sp³-hybridized carbons (Fsp3) is 0.350. The normalized spacial score (nSPS) is 13.6. The summed E-state index contributed by atoms with van der Waals surface area (Å²) in [5.74, 6) is -1.65. The zero-order chi connectivity index (χ0) is 21.4. The number of rotatable bonds is 11. The van der Waals surface area contributed by atoms with Gasteiger partial charge in [0.15, 0.2) is 5.78 Å². The molecule has 2 rings (SSSR count). The Morgan fingerprint density at radius 1 is 1.07 bits per heavy atom. The molecule has 0 aliphatic rings. The first-order chi connectivity index (χ1) is 13.8. The third-order valence-corrected chi connectivity index (χ3v) is 7.17. The van der Waals surface area contributed by atoms with Crippen molar-refractivity contribution in [2.45, 2.75) is 25.4 Å². The molecule has 156 valence electrons. The third-order valence-electron chi connectivity index (χ3n) is 4.32. The highest BCUT2D eigenvalue weighted by Crippen LogP contribution is 2.58. The van der Waals surface area contributed by atoms with Crippen molar-refractivity contribution >= 4 is 25.0 Å². The molecule has 0 N–H and O–H groups in total. The zero-order valence-corrected chi connectivity index (χ0v) is 17.8. The molecule has 0 aliphatic carbocycles. The molecule has 2 atom stereocenters. The lowest BCUT2D eigenvalue weighted by atomic mass is 9.91. The van der Waals surface area contributed by atoms with Gasteiger partial charge in [-0.05, 0) is 25.5 Å². The lowest BCUT2D eigenvalue weighted by Gasteiger charge is -2.30. The Balaban J connectivity index is 2.70. The first-order valence-electron chi connectivity index (χ1n) is 9.18. The van der Waals surface area contributed by atoms with Crippen molar-refractivity contribution in [3.05, 3.63) is 80.9 Å². The van der Waals surface area contributed by atoms with Gasteiger partial charge in [0.05, 0.1) is 19.1 Å². The highest BCUT2D eigenvalue weighted by Gasteiger charge is 2.49. The van der Waals surface area contributed by atoms with Gasteiger partial charge in [-0.3, -0.25) is 19.5 Å². The minimum absolute atomic E-state index is 0.0174. The minimum atomic E-state index is -4.06. The molecule has 0 aromatic heterocycles. The van der Waals surface area contributed by atoms with Gasteiger partial charge >= 0.3 is 7.60 Å². The second-order valence-electron chi connectivity index (χ2n) is 6.19. The Morgan fingerprint density at radius 3 is 2.14 bits per heavy atom. The van der Waals surface area contributed by atoms with E-state index in [9.17, 15) is 19.5 Å². The van der Waals surface area contributed by atoms with Crippen molar-refractivity contribution in [1.29, 1.82) is 0 Å². The van der Waals surface area contributed by atoms with Crippen LogP contribution in [0.4, 0.5) is 0 Å². The summed E-state index contributed by atoms with van der Waals surface area (Å²) in [6.07, 6.45) is 0. The average Bonchev–Trinajstić information content (AvgIpc) is 2.68. The van der Waals surface area contributed by atoms with Crippen molar-refractivity contribution in [3.63, 3.8) is 0 Å². The number of benzene rings is 2. The average molecular weight is 440 g/mol. The highest BCUT2D eigenvalue weighted by atomic mass is 35.5. The fourth-order valence-corrected chi connectivity index (χ4v) is 5.71. The van der Waals surface area contributed by atoms with Crippen LogP contribution in [0.3, 0.4) is 0 Å². The summed E-state index contributed by atoms with van der Waals surface area (Å²) in [5, 5.41) is 11.7. The van der Waals surface area contributed by atoms with Crippen LogP contribution in [0, 0.1) is 10.1 Å². The molecule has 0 amide bonds. The van der Waals surface area contributed by atoms with E-state index in [0.29, 0.717) is 5.56 Å². The van der Waals surface area contributed by atoms with E-state index in [-0.39, 0.29) is 23.8 Å². The molecular formula is C20H23ClNO6P. The van der Waals surface area contributed by atoms with Crippen LogP contribution >= 0.6 is 19.2 Å². The Labute approximate surface area is 174 Å². The van der Waals surface area contributed by atoms with E-state index in [2.05, 4.69) is 0 Å². The van der Waals surface area contributed by atoms with E-state index in [1.807, 2.05) is 0 Å². The summed E-state index contributed by atoms with van der Waals surface area (Å²) in [7, 11) is -4.06. The minimum Gasteiger partial charge on any atom is -0.308 e. The van der Waals surface area contributed by atoms with Crippen molar-refractivity contribution in [1.82, 2.24) is 0 Å². The van der Waals surface area contributed by atoms with Crippen LogP contribution in [0.5, 0.6) is 0 Å². The van der Waals surface area contributed by atoms with Crippen LogP contribution in [0.2, 0.25) is 5.02 Å². The number of hydrogen-bond donors (Lipinski definition) is 0. The summed E-state index contributed by atoms with van der Waals surface area (Å²) in [6.45, 7) is 2.62. The van der Waals surface area contributed by atoms with Gasteiger partial charge < -0.3 is 9.05 Å². The molecule has 0 aliphatic heterocycles. The molecule has 0 unspecified atom stereocenters. The smallest absolute Gasteiger partial charge is 0.308 e. The van der Waals surface area contributed by atoms with E-state index in [0.717, 1.165) is 0 Å². The Kier molecular flexibility index (Phi) is 8.53. The highest BCUT2D eigenvalue weighted by molar-refractivity contribution is 7.56. The summed E-state index contributed by atoms with van der Waals surface area (Å²) >= 11 is 6.30. The lowest BCUT2D eigenvalue weighted by Crippen LogP contribution is -2.34. The molecule has 2 aromatic carbocycles. The van der Waals surface area contributed by atoms with Crippen molar-refractivity contribution in [2.75, 3.05) is 19.8 Å². The second kappa shape index (κ2) is 10.6. The van der Waals surface area contributed by atoms with Gasteiger partial charge in [-0.15, -0.1) is 0 Å². The largest absolute Gasteiger partial charge is 0.342 e. The molecule has 0 radical (unpaired) electrons. The van der Waals surface area contributed by atoms with Crippen LogP contribution in [0.25, 0.3) is 0 Å². The molecule has 0 saturated heterocycles. The number of Topliss-reactive ketones (excluding diaryl/α,β-unsaturated/α-hetero) is 1. The van der Waals surface area contributed by atoms with Gasteiger partial charge in [-0.25, -0.2) is 0 Å². The second-order valence-corrected chi connectivity index (χ2v) is 8.75. The van der Waals surface area contributed by atoms with Gasteiger partial charge in [0, 0.05) is 15.5 Å². The molecule has 7 nitrogen and oxygen atoms in total. The molecule has 0 saturated carbocycles. The van der Waals surface area contributed by atoms with Crippen LogP contribution in [-0.4, -0.2) is 36.1 Å². The number of carbonyl (C=O) groups excluding carboxylic acids is 1. The van der Waals surface area contributed by atoms with Crippen LogP contribution < -0.4 is 0 Å². The van der Waals surface area contributed by atoms with Gasteiger partial charge in [0.25, 0.3) is 0 Å². The van der Waals surface area contributed by atoms with E-state index in [1.165, 1.54) is 0 Å². The summed E-state index contributed by atoms with van der Waals surface area (Å²) < 4.78 is 24.6. The summed E-state index contributed by atoms with van der Waals surface area (Å²) in [4.78, 5) is 24.4. The first kappa shape index (κ1) is 23.2. The molecular weight excluding hydrogens is 417 g/mol. The summed E-state index contributed by atoms with van der Waals surface area (Å²) in [5.41, 5.74) is -0.813. The number of halogens is 1. The Morgan fingerprint density at radius 2 is 1.62 bits per heavy atom. The molecule has 0 fully saturated rings. The van der Waals surface area contributed by atoms with Crippen molar-refractivity contribution in [2.24, 2.45) is 0 Å².